The minimum Gasteiger partial charge on any atom is -0.466 e. The summed E-state index contributed by atoms with van der Waals surface area (Å²) in [5, 5.41) is 0. The molecule has 2 rings (SSSR count). The molecule has 1 aliphatic rings. The van der Waals surface area contributed by atoms with Crippen LogP contribution in [-0.4, -0.2) is 19.0 Å². The van der Waals surface area contributed by atoms with Crippen molar-refractivity contribution >= 4 is 11.9 Å². The highest BCUT2D eigenvalue weighted by Crippen LogP contribution is 2.45. The number of benzene rings is 1. The third-order valence-corrected chi connectivity index (χ3v) is 3.75. The fraction of sp³-hybridized carbons (Fsp3) is 0.375. The van der Waals surface area contributed by atoms with Crippen LogP contribution >= 0.6 is 0 Å². The first-order chi connectivity index (χ1) is 10.8. The first-order valence-electron chi connectivity index (χ1n) is 6.93. The number of rotatable bonds is 4. The normalized spacial score (nSPS) is 16.7. The Morgan fingerprint density at radius 1 is 1.09 bits per heavy atom. The molecule has 0 aliphatic heterocycles. The Morgan fingerprint density at radius 2 is 1.65 bits per heavy atom. The summed E-state index contributed by atoms with van der Waals surface area (Å²) in [5.41, 5.74) is -1.18. The van der Waals surface area contributed by atoms with Crippen LogP contribution in [0.1, 0.15) is 30.4 Å². The van der Waals surface area contributed by atoms with Gasteiger partial charge in [-0.1, -0.05) is 12.1 Å². The number of hydrogen-bond acceptors (Lipinski definition) is 4. The van der Waals surface area contributed by atoms with Crippen LogP contribution in [0.5, 0.6) is 0 Å². The Bertz CT molecular complexity index is 613. The van der Waals surface area contributed by atoms with Crippen LogP contribution < -0.4 is 0 Å². The Labute approximate surface area is 130 Å². The van der Waals surface area contributed by atoms with E-state index in [2.05, 4.69) is 4.74 Å². The highest BCUT2D eigenvalue weighted by atomic mass is 19.4. The van der Waals surface area contributed by atoms with E-state index in [1.54, 1.807) is 0 Å². The molecule has 1 fully saturated rings. The van der Waals surface area contributed by atoms with Crippen LogP contribution in [0, 0.1) is 0 Å². The predicted molar refractivity (Wildman–Crippen MR) is 74.2 cm³/mol. The molecule has 0 saturated heterocycles. The van der Waals surface area contributed by atoms with Gasteiger partial charge in [-0.25, -0.2) is 9.59 Å². The van der Waals surface area contributed by atoms with Crippen molar-refractivity contribution in [2.45, 2.75) is 31.0 Å². The first kappa shape index (κ1) is 17.1. The molecule has 23 heavy (non-hydrogen) atoms. The van der Waals surface area contributed by atoms with Crippen molar-refractivity contribution in [2.24, 2.45) is 0 Å². The van der Waals surface area contributed by atoms with Crippen LogP contribution in [0.2, 0.25) is 0 Å². The van der Waals surface area contributed by atoms with Crippen molar-refractivity contribution < 1.29 is 32.2 Å². The lowest BCUT2D eigenvalue weighted by molar-refractivity contribution is -0.165. The van der Waals surface area contributed by atoms with Gasteiger partial charge in [0.05, 0.1) is 12.7 Å². The first-order valence-corrected chi connectivity index (χ1v) is 6.93. The van der Waals surface area contributed by atoms with E-state index in [-0.39, 0.29) is 0 Å². The third-order valence-electron chi connectivity index (χ3n) is 3.75. The van der Waals surface area contributed by atoms with Crippen LogP contribution in [0.3, 0.4) is 0 Å². The van der Waals surface area contributed by atoms with Crippen LogP contribution in [0.4, 0.5) is 13.2 Å². The van der Waals surface area contributed by atoms with Gasteiger partial charge in [0.2, 0.25) is 0 Å². The van der Waals surface area contributed by atoms with Gasteiger partial charge in [0.15, 0.2) is 0 Å². The van der Waals surface area contributed by atoms with Gasteiger partial charge in [-0.2, -0.15) is 13.2 Å². The number of methoxy groups -OCH3 is 1. The highest BCUT2D eigenvalue weighted by Gasteiger charge is 2.42. The standard InChI is InChI=1S/C16H15F3O4/c1-22-13(20)7-8-14(21)23-15(9-2-10-15)11-3-5-12(6-4-11)16(17,18)19/h3-8H,2,9-10H2,1H3/b8-7+. The summed E-state index contributed by atoms with van der Waals surface area (Å²) in [6.07, 6.45) is -0.690. The third kappa shape index (κ3) is 3.91. The van der Waals surface area contributed by atoms with E-state index in [1.165, 1.54) is 19.2 Å². The molecule has 0 spiro atoms. The monoisotopic (exact) mass is 328 g/mol. The highest BCUT2D eigenvalue weighted by molar-refractivity contribution is 5.91. The van der Waals surface area contributed by atoms with Gasteiger partial charge in [-0.05, 0) is 37.0 Å². The second-order valence-corrected chi connectivity index (χ2v) is 5.20. The number of halogens is 3. The van der Waals surface area contributed by atoms with E-state index in [0.717, 1.165) is 30.7 Å². The van der Waals surface area contributed by atoms with E-state index < -0.39 is 29.3 Å². The summed E-state index contributed by atoms with van der Waals surface area (Å²) in [7, 11) is 1.17. The number of ether oxygens (including phenoxy) is 2. The van der Waals surface area contributed by atoms with Gasteiger partial charge < -0.3 is 9.47 Å². The van der Waals surface area contributed by atoms with Crippen LogP contribution in [0.25, 0.3) is 0 Å². The maximum Gasteiger partial charge on any atom is 0.416 e. The fourth-order valence-electron chi connectivity index (χ4n) is 2.34. The van der Waals surface area contributed by atoms with Crippen molar-refractivity contribution in [3.63, 3.8) is 0 Å². The minimum atomic E-state index is -4.41. The summed E-state index contributed by atoms with van der Waals surface area (Å²) < 4.78 is 47.5. The van der Waals surface area contributed by atoms with E-state index >= 15 is 0 Å². The van der Waals surface area contributed by atoms with Crippen molar-refractivity contribution in [2.75, 3.05) is 7.11 Å². The molecule has 0 heterocycles. The summed E-state index contributed by atoms with van der Waals surface area (Å²) in [6, 6.07) is 4.57. The molecule has 1 aliphatic carbocycles. The van der Waals surface area contributed by atoms with Crippen molar-refractivity contribution in [3.8, 4) is 0 Å². The molecule has 0 bridgehead atoms. The lowest BCUT2D eigenvalue weighted by Crippen LogP contribution is -2.38. The van der Waals surface area contributed by atoms with Gasteiger partial charge in [0, 0.05) is 12.2 Å². The molecular formula is C16H15F3O4. The number of carbonyl (C=O) groups is 2. The number of carbonyl (C=O) groups excluding carboxylic acids is 2. The molecular weight excluding hydrogens is 313 g/mol. The Balaban J connectivity index is 2.13. The number of alkyl halides is 3. The molecule has 0 unspecified atom stereocenters. The average Bonchev–Trinajstić information content (AvgIpc) is 2.47. The average molecular weight is 328 g/mol. The lowest BCUT2D eigenvalue weighted by Gasteiger charge is -2.41. The molecule has 0 atom stereocenters. The Morgan fingerprint density at radius 3 is 2.09 bits per heavy atom. The second-order valence-electron chi connectivity index (χ2n) is 5.20. The number of hydrogen-bond donors (Lipinski definition) is 0. The quantitative estimate of drug-likeness (QED) is 0.628. The van der Waals surface area contributed by atoms with Crippen LogP contribution in [-0.2, 0) is 30.8 Å². The Kier molecular flexibility index (Phi) is 4.77. The topological polar surface area (TPSA) is 52.6 Å². The molecule has 1 saturated carbocycles. The maximum atomic E-state index is 12.6. The molecule has 0 aromatic heterocycles. The van der Waals surface area contributed by atoms with Gasteiger partial charge in [0.25, 0.3) is 0 Å². The van der Waals surface area contributed by atoms with Gasteiger partial charge in [-0.15, -0.1) is 0 Å². The molecule has 0 radical (unpaired) electrons. The summed E-state index contributed by atoms with van der Waals surface area (Å²) in [6.45, 7) is 0. The van der Waals surface area contributed by atoms with Gasteiger partial charge >= 0.3 is 18.1 Å². The van der Waals surface area contributed by atoms with E-state index in [0.29, 0.717) is 18.4 Å². The lowest BCUT2D eigenvalue weighted by atomic mass is 9.74. The molecule has 1 aromatic rings. The van der Waals surface area contributed by atoms with Crippen molar-refractivity contribution in [1.29, 1.82) is 0 Å². The zero-order chi connectivity index (χ0) is 17.1. The summed E-state index contributed by atoms with van der Waals surface area (Å²) >= 11 is 0. The van der Waals surface area contributed by atoms with E-state index in [4.69, 9.17) is 4.74 Å². The Hall–Kier alpha value is -2.31. The predicted octanol–water partition coefficient (Wildman–Crippen LogP) is 3.36. The number of esters is 2. The van der Waals surface area contributed by atoms with Gasteiger partial charge in [-0.3, -0.25) is 0 Å². The molecule has 0 N–H and O–H groups in total. The zero-order valence-electron chi connectivity index (χ0n) is 12.4. The molecule has 4 nitrogen and oxygen atoms in total. The zero-order valence-corrected chi connectivity index (χ0v) is 12.4. The molecule has 1 aromatic carbocycles. The van der Waals surface area contributed by atoms with Crippen molar-refractivity contribution in [1.82, 2.24) is 0 Å². The minimum absolute atomic E-state index is 0.511. The van der Waals surface area contributed by atoms with E-state index in [9.17, 15) is 22.8 Å². The molecule has 0 amide bonds. The smallest absolute Gasteiger partial charge is 0.416 e. The second kappa shape index (κ2) is 6.44. The largest absolute Gasteiger partial charge is 0.466 e. The molecule has 7 heteroatoms. The van der Waals surface area contributed by atoms with E-state index in [1.807, 2.05) is 0 Å². The molecule has 124 valence electrons. The van der Waals surface area contributed by atoms with Crippen LogP contribution in [0.15, 0.2) is 36.4 Å². The summed E-state index contributed by atoms with van der Waals surface area (Å²) in [5.74, 6) is -1.44. The van der Waals surface area contributed by atoms with Gasteiger partial charge in [0.1, 0.15) is 5.60 Å². The fourth-order valence-corrected chi connectivity index (χ4v) is 2.34. The SMILES string of the molecule is COC(=O)/C=C/C(=O)OC1(c2ccc(C(F)(F)F)cc2)CCC1. The summed E-state index contributed by atoms with van der Waals surface area (Å²) in [4.78, 5) is 22.7. The van der Waals surface area contributed by atoms with Crippen molar-refractivity contribution in [3.05, 3.63) is 47.5 Å². The maximum absolute atomic E-state index is 12.6.